The number of carbonyl (C=O) groups excluding carboxylic acids is 1. The topological polar surface area (TPSA) is 112 Å². The summed E-state index contributed by atoms with van der Waals surface area (Å²) in [6.45, 7) is 2.09. The molecule has 1 aliphatic rings. The second-order valence-electron chi connectivity index (χ2n) is 7.04. The van der Waals surface area contributed by atoms with Gasteiger partial charge in [0.1, 0.15) is 5.78 Å². The van der Waals surface area contributed by atoms with Crippen molar-refractivity contribution in [2.24, 2.45) is 16.7 Å². The van der Waals surface area contributed by atoms with Crippen LogP contribution in [0.3, 0.4) is 0 Å². The van der Waals surface area contributed by atoms with Gasteiger partial charge in [0.05, 0.1) is 24.3 Å². The van der Waals surface area contributed by atoms with Crippen LogP contribution in [-0.4, -0.2) is 5.78 Å². The van der Waals surface area contributed by atoms with Crippen LogP contribution in [0.15, 0.2) is 0 Å². The Morgan fingerprint density at radius 1 is 0.792 bits per heavy atom. The smallest absolute Gasteiger partial charge is 0.145 e. The zero-order valence-electron chi connectivity index (χ0n) is 14.3. The monoisotopic (exact) mass is 324 g/mol. The molecule has 0 spiro atoms. The van der Waals surface area contributed by atoms with Gasteiger partial charge >= 0.3 is 0 Å². The maximum Gasteiger partial charge on any atom is 0.145 e. The molecule has 126 valence electrons. The van der Waals surface area contributed by atoms with Gasteiger partial charge in [0.25, 0.3) is 0 Å². The summed E-state index contributed by atoms with van der Waals surface area (Å²) in [6.07, 6.45) is 4.40. The molecular formula is C19H24N4O. The van der Waals surface area contributed by atoms with Crippen LogP contribution in [0.5, 0.6) is 0 Å². The Kier molecular flexibility index (Phi) is 7.42. The van der Waals surface area contributed by atoms with E-state index < -0.39 is 10.8 Å². The van der Waals surface area contributed by atoms with Crippen molar-refractivity contribution in [3.8, 4) is 24.3 Å². The molecule has 1 saturated carbocycles. The number of hydrogen-bond donors (Lipinski definition) is 0. The average molecular weight is 324 g/mol. The van der Waals surface area contributed by atoms with E-state index in [1.165, 1.54) is 0 Å². The predicted octanol–water partition coefficient (Wildman–Crippen LogP) is 4.17. The van der Waals surface area contributed by atoms with E-state index in [1.807, 2.05) is 0 Å². The van der Waals surface area contributed by atoms with E-state index in [4.69, 9.17) is 21.0 Å². The number of ketones is 1. The number of hydrogen-bond acceptors (Lipinski definition) is 5. The molecule has 0 aromatic carbocycles. The molecule has 0 bridgehead atoms. The minimum Gasteiger partial charge on any atom is -0.298 e. The van der Waals surface area contributed by atoms with Crippen LogP contribution < -0.4 is 0 Å². The molecule has 5 heteroatoms. The molecule has 0 amide bonds. The molecule has 0 radical (unpaired) electrons. The highest BCUT2D eigenvalue weighted by Crippen LogP contribution is 2.54. The van der Waals surface area contributed by atoms with Gasteiger partial charge in [-0.25, -0.2) is 0 Å². The van der Waals surface area contributed by atoms with Gasteiger partial charge in [-0.2, -0.15) is 21.0 Å². The zero-order chi connectivity index (χ0) is 18.1. The normalized spacial score (nSPS) is 18.8. The number of nitriles is 4. The van der Waals surface area contributed by atoms with Gasteiger partial charge < -0.3 is 0 Å². The Labute approximate surface area is 144 Å². The minimum atomic E-state index is -0.659. The van der Waals surface area contributed by atoms with E-state index in [9.17, 15) is 4.79 Å². The third-order valence-electron chi connectivity index (χ3n) is 5.30. The molecule has 0 unspecified atom stereocenters. The van der Waals surface area contributed by atoms with Gasteiger partial charge in [-0.3, -0.25) is 4.79 Å². The lowest BCUT2D eigenvalue weighted by Gasteiger charge is -2.49. The lowest BCUT2D eigenvalue weighted by Crippen LogP contribution is -2.50. The number of rotatable bonds is 8. The summed E-state index contributed by atoms with van der Waals surface area (Å²) in [5, 5.41) is 36.0. The standard InChI is InChI=1S/C19H24N4O/c1-16-14-18(6-2-10-20,7-3-11-21)17(24)19(15-16,8-4-12-22)9-5-13-23/h16H,2-9,14-15H2,1H3. The largest absolute Gasteiger partial charge is 0.298 e. The molecule has 24 heavy (non-hydrogen) atoms. The van der Waals surface area contributed by atoms with Gasteiger partial charge in [-0.15, -0.1) is 0 Å². The first-order valence-corrected chi connectivity index (χ1v) is 8.53. The van der Waals surface area contributed by atoms with Crippen molar-refractivity contribution in [3.63, 3.8) is 0 Å². The molecule has 0 N–H and O–H groups in total. The summed E-state index contributed by atoms with van der Waals surface area (Å²) in [4.78, 5) is 13.5. The summed E-state index contributed by atoms with van der Waals surface area (Å²) in [6, 6.07) is 8.50. The molecule has 5 nitrogen and oxygen atoms in total. The van der Waals surface area contributed by atoms with Crippen molar-refractivity contribution in [3.05, 3.63) is 0 Å². The molecule has 0 heterocycles. The predicted molar refractivity (Wildman–Crippen MR) is 87.7 cm³/mol. The van der Waals surface area contributed by atoms with Gasteiger partial charge in [0.2, 0.25) is 0 Å². The van der Waals surface area contributed by atoms with Crippen molar-refractivity contribution in [2.75, 3.05) is 0 Å². The zero-order valence-corrected chi connectivity index (χ0v) is 14.3. The molecule has 0 atom stereocenters. The summed E-state index contributed by atoms with van der Waals surface area (Å²) in [5.74, 6) is 0.363. The van der Waals surface area contributed by atoms with Crippen LogP contribution >= 0.6 is 0 Å². The lowest BCUT2D eigenvalue weighted by atomic mass is 9.53. The van der Waals surface area contributed by atoms with E-state index in [0.717, 1.165) is 0 Å². The van der Waals surface area contributed by atoms with E-state index >= 15 is 0 Å². The highest BCUT2D eigenvalue weighted by Gasteiger charge is 2.53. The van der Waals surface area contributed by atoms with Gasteiger partial charge in [-0.05, 0) is 44.4 Å². The number of carbonyl (C=O) groups is 1. The van der Waals surface area contributed by atoms with Crippen molar-refractivity contribution < 1.29 is 4.79 Å². The average Bonchev–Trinajstić information content (AvgIpc) is 2.58. The van der Waals surface area contributed by atoms with Gasteiger partial charge in [-0.1, -0.05) is 6.92 Å². The van der Waals surface area contributed by atoms with E-state index in [0.29, 0.717) is 38.5 Å². The van der Waals surface area contributed by atoms with Gasteiger partial charge in [0, 0.05) is 36.5 Å². The SMILES string of the molecule is CC1CC(CCC#N)(CCC#N)C(=O)C(CCC#N)(CCC#N)C1. The van der Waals surface area contributed by atoms with Crippen molar-refractivity contribution >= 4 is 5.78 Å². The first-order chi connectivity index (χ1) is 11.5. The summed E-state index contributed by atoms with van der Waals surface area (Å²) < 4.78 is 0. The number of Topliss-reactive ketones (excluding diaryl/α,β-unsaturated/α-hetero) is 1. The maximum atomic E-state index is 13.5. The molecule has 1 aliphatic carbocycles. The Balaban J connectivity index is 3.26. The van der Waals surface area contributed by atoms with Crippen LogP contribution in [0.1, 0.15) is 71.1 Å². The maximum absolute atomic E-state index is 13.5. The fourth-order valence-corrected chi connectivity index (χ4v) is 4.45. The quantitative estimate of drug-likeness (QED) is 0.664. The van der Waals surface area contributed by atoms with Crippen LogP contribution in [-0.2, 0) is 4.79 Å². The van der Waals surface area contributed by atoms with Crippen LogP contribution in [0.4, 0.5) is 0 Å². The first-order valence-electron chi connectivity index (χ1n) is 8.53. The molecule has 1 rings (SSSR count). The fraction of sp³-hybridized carbons (Fsp3) is 0.737. The fourth-order valence-electron chi connectivity index (χ4n) is 4.45. The number of nitrogens with zero attached hydrogens (tertiary/aromatic N) is 4. The minimum absolute atomic E-state index is 0.0871. The Morgan fingerprint density at radius 2 is 1.08 bits per heavy atom. The second kappa shape index (κ2) is 9.05. The molecule has 0 aliphatic heterocycles. The Hall–Kier alpha value is -2.37. The van der Waals surface area contributed by atoms with Crippen LogP contribution in [0.2, 0.25) is 0 Å². The summed E-state index contributed by atoms with van der Waals surface area (Å²) in [5.41, 5.74) is -1.32. The van der Waals surface area contributed by atoms with E-state index in [1.54, 1.807) is 0 Å². The van der Waals surface area contributed by atoms with Crippen molar-refractivity contribution in [1.82, 2.24) is 0 Å². The summed E-state index contributed by atoms with van der Waals surface area (Å²) in [7, 11) is 0. The molecule has 0 aromatic heterocycles. The Bertz CT molecular complexity index is 523. The first kappa shape index (κ1) is 19.7. The molecule has 1 fully saturated rings. The summed E-state index contributed by atoms with van der Waals surface area (Å²) >= 11 is 0. The van der Waals surface area contributed by atoms with E-state index in [-0.39, 0.29) is 37.4 Å². The van der Waals surface area contributed by atoms with Gasteiger partial charge in [0.15, 0.2) is 0 Å². The molecular weight excluding hydrogens is 300 g/mol. The third-order valence-corrected chi connectivity index (χ3v) is 5.30. The van der Waals surface area contributed by atoms with Crippen LogP contribution in [0, 0.1) is 62.1 Å². The van der Waals surface area contributed by atoms with Crippen molar-refractivity contribution in [1.29, 1.82) is 21.0 Å². The molecule has 0 aromatic rings. The third kappa shape index (κ3) is 4.34. The highest BCUT2D eigenvalue weighted by molar-refractivity contribution is 5.91. The highest BCUT2D eigenvalue weighted by atomic mass is 16.1. The second-order valence-corrected chi connectivity index (χ2v) is 7.04. The van der Waals surface area contributed by atoms with Crippen molar-refractivity contribution in [2.45, 2.75) is 71.1 Å². The Morgan fingerprint density at radius 3 is 1.33 bits per heavy atom. The van der Waals surface area contributed by atoms with Crippen LogP contribution in [0.25, 0.3) is 0 Å². The van der Waals surface area contributed by atoms with E-state index in [2.05, 4.69) is 31.2 Å². The molecule has 0 saturated heterocycles. The lowest BCUT2D eigenvalue weighted by molar-refractivity contribution is -0.149.